The zero-order valence-corrected chi connectivity index (χ0v) is 14.0. The van der Waals surface area contributed by atoms with Crippen LogP contribution in [0.2, 0.25) is 0 Å². The molecule has 0 spiro atoms. The van der Waals surface area contributed by atoms with Crippen molar-refractivity contribution < 1.29 is 9.63 Å². The van der Waals surface area contributed by atoms with Gasteiger partial charge < -0.3 is 10.6 Å². The molecule has 1 aromatic carbocycles. The number of nitrogens with zero attached hydrogens (tertiary/aromatic N) is 4. The number of hydroxylamine groups is 2. The Morgan fingerprint density at radius 2 is 2.08 bits per heavy atom. The molecule has 1 aromatic heterocycles. The zero-order valence-electron chi connectivity index (χ0n) is 13.2. The number of hydrogen-bond donors (Lipinski definition) is 1. The molecule has 2 aliphatic rings. The predicted octanol–water partition coefficient (Wildman–Crippen LogP) is 2.07. The van der Waals surface area contributed by atoms with Crippen molar-refractivity contribution in [3.8, 4) is 0 Å². The molecule has 0 saturated carbocycles. The number of fused-ring (bicyclic) bond motifs is 2. The minimum absolute atomic E-state index is 0.0168. The monoisotopic (exact) mass is 345 g/mol. The van der Waals surface area contributed by atoms with Crippen LogP contribution in [0.3, 0.4) is 0 Å². The molecule has 2 fully saturated rings. The van der Waals surface area contributed by atoms with Gasteiger partial charge in [-0.2, -0.15) is 5.06 Å². The lowest BCUT2D eigenvalue weighted by Gasteiger charge is -2.28. The smallest absolute Gasteiger partial charge is 0.324 e. The van der Waals surface area contributed by atoms with Crippen LogP contribution < -0.4 is 5.73 Å². The number of carbonyl (C=O) groups excluding carboxylic acids is 1. The third-order valence-electron chi connectivity index (χ3n) is 4.48. The van der Waals surface area contributed by atoms with Crippen LogP contribution in [0.15, 0.2) is 30.3 Å². The highest BCUT2D eigenvalue weighted by Gasteiger charge is 2.47. The Morgan fingerprint density at radius 1 is 1.25 bits per heavy atom. The minimum atomic E-state index is -0.0806. The van der Waals surface area contributed by atoms with Crippen molar-refractivity contribution in [2.45, 2.75) is 38.1 Å². The van der Waals surface area contributed by atoms with Gasteiger partial charge >= 0.3 is 6.03 Å². The SMILES string of the molecule is NCc1nnc(C2CCC3CN2C(=O)N3OCc2ccccc2)s1. The Hall–Kier alpha value is -2.03. The summed E-state index contributed by atoms with van der Waals surface area (Å²) in [6.45, 7) is 1.46. The normalized spacial score (nSPS) is 23.1. The summed E-state index contributed by atoms with van der Waals surface area (Å²) in [7, 11) is 0. The molecule has 2 bridgehead atoms. The maximum Gasteiger partial charge on any atom is 0.344 e. The molecule has 8 heteroatoms. The number of piperidine rings is 1. The zero-order chi connectivity index (χ0) is 16.5. The summed E-state index contributed by atoms with van der Waals surface area (Å²) >= 11 is 1.49. The molecule has 4 rings (SSSR count). The van der Waals surface area contributed by atoms with E-state index in [4.69, 9.17) is 10.6 Å². The van der Waals surface area contributed by atoms with Crippen molar-refractivity contribution in [1.82, 2.24) is 20.2 Å². The molecule has 7 nitrogen and oxygen atoms in total. The fraction of sp³-hybridized carbons (Fsp3) is 0.438. The van der Waals surface area contributed by atoms with E-state index in [1.807, 2.05) is 35.2 Å². The van der Waals surface area contributed by atoms with Crippen molar-refractivity contribution in [3.63, 3.8) is 0 Å². The van der Waals surface area contributed by atoms with E-state index in [2.05, 4.69) is 10.2 Å². The van der Waals surface area contributed by atoms with Crippen LogP contribution in [0, 0.1) is 0 Å². The number of carbonyl (C=O) groups is 1. The van der Waals surface area contributed by atoms with Gasteiger partial charge in [0.15, 0.2) is 0 Å². The van der Waals surface area contributed by atoms with E-state index in [1.165, 1.54) is 16.4 Å². The van der Waals surface area contributed by atoms with Gasteiger partial charge in [-0.05, 0) is 18.4 Å². The summed E-state index contributed by atoms with van der Waals surface area (Å²) in [4.78, 5) is 20.4. The van der Waals surface area contributed by atoms with Crippen molar-refractivity contribution in [2.24, 2.45) is 5.73 Å². The van der Waals surface area contributed by atoms with Crippen LogP contribution in [0.25, 0.3) is 0 Å². The summed E-state index contributed by atoms with van der Waals surface area (Å²) < 4.78 is 0. The topological polar surface area (TPSA) is 84.6 Å². The fourth-order valence-corrected chi connectivity index (χ4v) is 4.13. The minimum Gasteiger partial charge on any atom is -0.324 e. The Labute approximate surface area is 144 Å². The average Bonchev–Trinajstić information content (AvgIpc) is 3.19. The summed E-state index contributed by atoms with van der Waals surface area (Å²) in [5.74, 6) is 0. The van der Waals surface area contributed by atoms with Gasteiger partial charge in [0.25, 0.3) is 0 Å². The first-order valence-corrected chi connectivity index (χ1v) is 8.87. The highest BCUT2D eigenvalue weighted by atomic mass is 32.1. The molecule has 2 atom stereocenters. The van der Waals surface area contributed by atoms with E-state index in [0.717, 1.165) is 28.4 Å². The highest BCUT2D eigenvalue weighted by molar-refractivity contribution is 7.11. The molecule has 2 unspecified atom stereocenters. The van der Waals surface area contributed by atoms with Crippen molar-refractivity contribution in [2.75, 3.05) is 6.54 Å². The van der Waals surface area contributed by atoms with E-state index in [0.29, 0.717) is 19.7 Å². The number of aromatic nitrogens is 2. The molecule has 2 N–H and O–H groups in total. The molecule has 0 aliphatic carbocycles. The molecule has 2 aliphatic heterocycles. The third kappa shape index (κ3) is 2.77. The maximum atomic E-state index is 12.7. The third-order valence-corrected chi connectivity index (χ3v) is 5.52. The summed E-state index contributed by atoms with van der Waals surface area (Å²) in [6.07, 6.45) is 1.78. The lowest BCUT2D eigenvalue weighted by atomic mass is 10.0. The molecule has 2 saturated heterocycles. The quantitative estimate of drug-likeness (QED) is 0.897. The molecule has 2 aromatic rings. The van der Waals surface area contributed by atoms with E-state index in [9.17, 15) is 4.79 Å². The van der Waals surface area contributed by atoms with Crippen molar-refractivity contribution in [1.29, 1.82) is 0 Å². The van der Waals surface area contributed by atoms with Crippen LogP contribution >= 0.6 is 11.3 Å². The summed E-state index contributed by atoms with van der Waals surface area (Å²) in [5, 5.41) is 11.5. The van der Waals surface area contributed by atoms with Crippen molar-refractivity contribution in [3.05, 3.63) is 45.9 Å². The first-order valence-electron chi connectivity index (χ1n) is 8.05. The number of rotatable bonds is 5. The van der Waals surface area contributed by atoms with E-state index in [1.54, 1.807) is 0 Å². The Kier molecular flexibility index (Phi) is 4.17. The van der Waals surface area contributed by atoms with Gasteiger partial charge in [0.2, 0.25) is 0 Å². The standard InChI is InChI=1S/C16H19N5O2S/c17-8-14-18-19-15(24-14)13-7-6-12-9-20(13)16(22)21(12)23-10-11-4-2-1-3-5-11/h1-5,12-13H,6-10,17H2. The summed E-state index contributed by atoms with van der Waals surface area (Å²) in [5.41, 5.74) is 6.66. The number of nitrogens with two attached hydrogens (primary N) is 1. The number of amides is 2. The molecule has 126 valence electrons. The van der Waals surface area contributed by atoms with Crippen LogP contribution in [0.4, 0.5) is 4.79 Å². The molecular weight excluding hydrogens is 326 g/mol. The van der Waals surface area contributed by atoms with Crippen LogP contribution in [-0.2, 0) is 18.0 Å². The average molecular weight is 345 g/mol. The lowest BCUT2D eigenvalue weighted by Crippen LogP contribution is -2.33. The Balaban J connectivity index is 1.46. The Morgan fingerprint density at radius 3 is 2.83 bits per heavy atom. The molecule has 2 amide bonds. The highest BCUT2D eigenvalue weighted by Crippen LogP contribution is 2.39. The molecule has 24 heavy (non-hydrogen) atoms. The number of hydrogen-bond acceptors (Lipinski definition) is 6. The number of benzene rings is 1. The van der Waals surface area contributed by atoms with Gasteiger partial charge in [0, 0.05) is 13.1 Å². The molecule has 0 radical (unpaired) electrons. The largest absolute Gasteiger partial charge is 0.344 e. The Bertz CT molecular complexity index is 722. The number of urea groups is 1. The van der Waals surface area contributed by atoms with Gasteiger partial charge in [-0.1, -0.05) is 41.7 Å². The van der Waals surface area contributed by atoms with Crippen LogP contribution in [0.1, 0.15) is 34.5 Å². The molecular formula is C16H19N5O2S. The van der Waals surface area contributed by atoms with Crippen molar-refractivity contribution >= 4 is 17.4 Å². The first-order chi connectivity index (χ1) is 11.8. The van der Waals surface area contributed by atoms with Gasteiger partial charge in [-0.25, -0.2) is 4.79 Å². The van der Waals surface area contributed by atoms with E-state index >= 15 is 0 Å². The second-order valence-corrected chi connectivity index (χ2v) is 7.10. The van der Waals surface area contributed by atoms with Gasteiger partial charge in [0.1, 0.15) is 16.6 Å². The summed E-state index contributed by atoms with van der Waals surface area (Å²) in [6, 6.07) is 9.89. The van der Waals surface area contributed by atoms with E-state index < -0.39 is 0 Å². The van der Waals surface area contributed by atoms with Gasteiger partial charge in [-0.15, -0.1) is 10.2 Å². The second kappa shape index (κ2) is 6.46. The molecule has 3 heterocycles. The van der Waals surface area contributed by atoms with Crippen LogP contribution in [0.5, 0.6) is 0 Å². The fourth-order valence-electron chi connectivity index (χ4n) is 3.26. The predicted molar refractivity (Wildman–Crippen MR) is 88.7 cm³/mol. The van der Waals surface area contributed by atoms with Crippen LogP contribution in [-0.4, -0.2) is 38.8 Å². The maximum absolute atomic E-state index is 12.7. The second-order valence-electron chi connectivity index (χ2n) is 6.00. The first kappa shape index (κ1) is 15.5. The van der Waals surface area contributed by atoms with Gasteiger partial charge in [-0.3, -0.25) is 4.84 Å². The van der Waals surface area contributed by atoms with Gasteiger partial charge in [0.05, 0.1) is 12.1 Å². The lowest BCUT2D eigenvalue weighted by molar-refractivity contribution is -0.140. The van der Waals surface area contributed by atoms with E-state index in [-0.39, 0.29) is 18.1 Å².